The van der Waals surface area contributed by atoms with Crippen molar-refractivity contribution in [3.63, 3.8) is 0 Å². The summed E-state index contributed by atoms with van der Waals surface area (Å²) in [7, 11) is 0. The molecule has 0 fully saturated rings. The number of hydrogen-bond acceptors (Lipinski definition) is 3. The molecule has 4 nitrogen and oxygen atoms in total. The van der Waals surface area contributed by atoms with Crippen molar-refractivity contribution in [2.45, 2.75) is 6.42 Å². The van der Waals surface area contributed by atoms with Gasteiger partial charge in [-0.3, -0.25) is 9.59 Å². The summed E-state index contributed by atoms with van der Waals surface area (Å²) in [5.41, 5.74) is 2.71. The van der Waals surface area contributed by atoms with Crippen LogP contribution in [0.2, 0.25) is 0 Å². The first-order chi connectivity index (χ1) is 12.7. The molecule has 0 aliphatic heterocycles. The number of nitriles is 1. The summed E-state index contributed by atoms with van der Waals surface area (Å²) in [6, 6.07) is 24.8. The van der Waals surface area contributed by atoms with Crippen molar-refractivity contribution in [2.24, 2.45) is 0 Å². The number of anilines is 1. The highest BCUT2D eigenvalue weighted by Crippen LogP contribution is 2.17. The van der Waals surface area contributed by atoms with Crippen LogP contribution in [0.25, 0.3) is 0 Å². The first kappa shape index (κ1) is 17.1. The van der Waals surface area contributed by atoms with Gasteiger partial charge in [-0.1, -0.05) is 60.7 Å². The van der Waals surface area contributed by atoms with Crippen molar-refractivity contribution in [1.29, 1.82) is 5.26 Å². The van der Waals surface area contributed by atoms with E-state index in [-0.39, 0.29) is 11.7 Å². The van der Waals surface area contributed by atoms with E-state index >= 15 is 0 Å². The molecule has 0 aromatic heterocycles. The normalized spacial score (nSPS) is 9.96. The topological polar surface area (TPSA) is 70.0 Å². The van der Waals surface area contributed by atoms with Crippen LogP contribution in [0.1, 0.15) is 31.8 Å². The van der Waals surface area contributed by atoms with Gasteiger partial charge in [0.15, 0.2) is 5.78 Å². The number of carbonyl (C=O) groups excluding carboxylic acids is 2. The van der Waals surface area contributed by atoms with E-state index in [4.69, 9.17) is 5.26 Å². The monoisotopic (exact) mass is 340 g/mol. The highest BCUT2D eigenvalue weighted by molar-refractivity contribution is 6.17. The third-order valence-corrected chi connectivity index (χ3v) is 3.95. The first-order valence-corrected chi connectivity index (χ1v) is 8.15. The van der Waals surface area contributed by atoms with Crippen LogP contribution in [0.5, 0.6) is 0 Å². The Bertz CT molecular complexity index is 971. The largest absolute Gasteiger partial charge is 0.322 e. The number of benzene rings is 3. The molecule has 1 N–H and O–H groups in total. The van der Waals surface area contributed by atoms with Gasteiger partial charge >= 0.3 is 0 Å². The second kappa shape index (κ2) is 7.91. The van der Waals surface area contributed by atoms with E-state index < -0.39 is 0 Å². The Balaban J connectivity index is 1.84. The molecule has 0 spiro atoms. The molecule has 0 unspecified atom stereocenters. The van der Waals surface area contributed by atoms with Gasteiger partial charge in [0, 0.05) is 16.8 Å². The van der Waals surface area contributed by atoms with Crippen LogP contribution < -0.4 is 5.32 Å². The van der Waals surface area contributed by atoms with E-state index in [1.165, 1.54) is 0 Å². The van der Waals surface area contributed by atoms with Crippen molar-refractivity contribution in [3.05, 3.63) is 101 Å². The lowest BCUT2D eigenvalue weighted by atomic mass is 9.98. The Morgan fingerprint density at radius 2 is 1.42 bits per heavy atom. The second-order valence-corrected chi connectivity index (χ2v) is 5.73. The minimum Gasteiger partial charge on any atom is -0.322 e. The molecule has 0 aliphatic rings. The van der Waals surface area contributed by atoms with Crippen LogP contribution in [-0.2, 0) is 6.42 Å². The molecule has 26 heavy (non-hydrogen) atoms. The SMILES string of the molecule is N#CCc1ccc(NC(=O)c2ccccc2C(=O)c2ccccc2)cc1. The van der Waals surface area contributed by atoms with Gasteiger partial charge in [0.1, 0.15) is 0 Å². The molecular formula is C22H16N2O2. The summed E-state index contributed by atoms with van der Waals surface area (Å²) in [5.74, 6) is -0.543. The molecule has 3 aromatic carbocycles. The molecule has 0 atom stereocenters. The van der Waals surface area contributed by atoms with Gasteiger partial charge in [-0.15, -0.1) is 0 Å². The van der Waals surface area contributed by atoms with Gasteiger partial charge in [0.2, 0.25) is 0 Å². The van der Waals surface area contributed by atoms with E-state index in [2.05, 4.69) is 11.4 Å². The number of rotatable bonds is 5. The fourth-order valence-electron chi connectivity index (χ4n) is 2.62. The van der Waals surface area contributed by atoms with Gasteiger partial charge in [0.05, 0.1) is 18.1 Å². The second-order valence-electron chi connectivity index (χ2n) is 5.73. The standard InChI is InChI=1S/C22H16N2O2/c23-15-14-16-10-12-18(13-11-16)24-22(26)20-9-5-4-8-19(20)21(25)17-6-2-1-3-7-17/h1-13H,14H2,(H,24,26). The molecule has 0 aliphatic carbocycles. The first-order valence-electron chi connectivity index (χ1n) is 8.15. The number of ketones is 1. The lowest BCUT2D eigenvalue weighted by Gasteiger charge is -2.10. The quantitative estimate of drug-likeness (QED) is 0.706. The maximum absolute atomic E-state index is 12.7. The summed E-state index contributed by atoms with van der Waals surface area (Å²) >= 11 is 0. The zero-order chi connectivity index (χ0) is 18.4. The van der Waals surface area contributed by atoms with Crippen LogP contribution in [-0.4, -0.2) is 11.7 Å². The lowest BCUT2D eigenvalue weighted by Crippen LogP contribution is -2.17. The van der Waals surface area contributed by atoms with E-state index in [1.54, 1.807) is 72.8 Å². The van der Waals surface area contributed by atoms with Gasteiger partial charge in [-0.2, -0.15) is 5.26 Å². The molecule has 0 saturated carbocycles. The maximum Gasteiger partial charge on any atom is 0.256 e. The predicted molar refractivity (Wildman–Crippen MR) is 100 cm³/mol. The van der Waals surface area contributed by atoms with Gasteiger partial charge in [-0.25, -0.2) is 0 Å². The van der Waals surface area contributed by atoms with Gasteiger partial charge in [-0.05, 0) is 23.8 Å². The van der Waals surface area contributed by atoms with E-state index in [9.17, 15) is 9.59 Å². The van der Waals surface area contributed by atoms with Crippen molar-refractivity contribution in [2.75, 3.05) is 5.32 Å². The zero-order valence-corrected chi connectivity index (χ0v) is 14.0. The molecule has 1 amide bonds. The molecule has 0 bridgehead atoms. The van der Waals surface area contributed by atoms with E-state index in [0.717, 1.165) is 5.56 Å². The summed E-state index contributed by atoms with van der Waals surface area (Å²) in [6.07, 6.45) is 0.322. The third-order valence-electron chi connectivity index (χ3n) is 3.95. The number of carbonyl (C=O) groups is 2. The Morgan fingerprint density at radius 1 is 0.808 bits per heavy atom. The number of amides is 1. The van der Waals surface area contributed by atoms with Crippen molar-refractivity contribution < 1.29 is 9.59 Å². The molecular weight excluding hydrogens is 324 g/mol. The maximum atomic E-state index is 12.7. The van der Waals surface area contributed by atoms with Crippen LogP contribution in [0.15, 0.2) is 78.9 Å². The summed E-state index contributed by atoms with van der Waals surface area (Å²) in [6.45, 7) is 0. The summed E-state index contributed by atoms with van der Waals surface area (Å²) in [4.78, 5) is 25.4. The Kier molecular flexibility index (Phi) is 5.21. The Labute approximate surface area is 151 Å². The molecule has 3 aromatic rings. The Hall–Kier alpha value is -3.71. The predicted octanol–water partition coefficient (Wildman–Crippen LogP) is 4.24. The van der Waals surface area contributed by atoms with E-state index in [1.807, 2.05) is 6.07 Å². The lowest BCUT2D eigenvalue weighted by molar-refractivity contribution is 0.0996. The minimum atomic E-state index is -0.349. The highest BCUT2D eigenvalue weighted by Gasteiger charge is 2.17. The van der Waals surface area contributed by atoms with Crippen LogP contribution in [0.4, 0.5) is 5.69 Å². The average molecular weight is 340 g/mol. The third kappa shape index (κ3) is 3.85. The Morgan fingerprint density at radius 3 is 2.08 bits per heavy atom. The van der Waals surface area contributed by atoms with Crippen molar-refractivity contribution in [3.8, 4) is 6.07 Å². The molecule has 0 heterocycles. The fraction of sp³-hybridized carbons (Fsp3) is 0.0455. The summed E-state index contributed by atoms with van der Waals surface area (Å²) < 4.78 is 0. The van der Waals surface area contributed by atoms with Crippen molar-refractivity contribution >= 4 is 17.4 Å². The van der Waals surface area contributed by atoms with Gasteiger partial charge < -0.3 is 5.32 Å². The minimum absolute atomic E-state index is 0.194. The van der Waals surface area contributed by atoms with Crippen LogP contribution in [0, 0.1) is 11.3 Å². The number of nitrogens with one attached hydrogen (secondary N) is 1. The highest BCUT2D eigenvalue weighted by atomic mass is 16.2. The zero-order valence-electron chi connectivity index (χ0n) is 14.0. The smallest absolute Gasteiger partial charge is 0.256 e. The number of nitrogens with zero attached hydrogens (tertiary/aromatic N) is 1. The van der Waals surface area contributed by atoms with Crippen LogP contribution in [0.3, 0.4) is 0 Å². The molecule has 4 heteroatoms. The average Bonchev–Trinajstić information content (AvgIpc) is 2.70. The van der Waals surface area contributed by atoms with E-state index in [0.29, 0.717) is 28.8 Å². The van der Waals surface area contributed by atoms with Crippen LogP contribution >= 0.6 is 0 Å². The number of hydrogen-bond donors (Lipinski definition) is 1. The molecule has 0 radical (unpaired) electrons. The molecule has 3 rings (SSSR count). The molecule has 0 saturated heterocycles. The summed E-state index contributed by atoms with van der Waals surface area (Å²) in [5, 5.41) is 11.5. The molecule has 126 valence electrons. The van der Waals surface area contributed by atoms with Gasteiger partial charge in [0.25, 0.3) is 5.91 Å². The fourth-order valence-corrected chi connectivity index (χ4v) is 2.62. The van der Waals surface area contributed by atoms with Crippen molar-refractivity contribution in [1.82, 2.24) is 0 Å².